The molecular weight excluding hydrogens is 466 g/mol. The first kappa shape index (κ1) is 21.8. The molecule has 1 aliphatic carbocycles. The zero-order valence-corrected chi connectivity index (χ0v) is 20.2. The summed E-state index contributed by atoms with van der Waals surface area (Å²) >= 11 is 8.10. The zero-order chi connectivity index (χ0) is 23.1. The van der Waals surface area contributed by atoms with Crippen molar-refractivity contribution in [2.24, 2.45) is 0 Å². The van der Waals surface area contributed by atoms with E-state index in [0.29, 0.717) is 21.6 Å². The average molecular weight is 490 g/mol. The van der Waals surface area contributed by atoms with Gasteiger partial charge in [-0.25, -0.2) is 9.97 Å². The van der Waals surface area contributed by atoms with E-state index in [1.807, 2.05) is 59.0 Å². The van der Waals surface area contributed by atoms with Gasteiger partial charge < -0.3 is 0 Å². The Morgan fingerprint density at radius 3 is 2.50 bits per heavy atom. The summed E-state index contributed by atoms with van der Waals surface area (Å²) in [6.07, 6.45) is 9.78. The lowest BCUT2D eigenvalue weighted by molar-refractivity contribution is 0.285. The van der Waals surface area contributed by atoms with Crippen molar-refractivity contribution >= 4 is 34.5 Å². The quantitative estimate of drug-likeness (QED) is 0.339. The van der Waals surface area contributed by atoms with Crippen LogP contribution in [-0.2, 0) is 0 Å². The molecule has 0 atom stereocenters. The number of halogens is 1. The monoisotopic (exact) mass is 489 g/mol. The normalized spacial score (nSPS) is 17.3. The van der Waals surface area contributed by atoms with Crippen LogP contribution in [0.2, 0.25) is 5.02 Å². The van der Waals surface area contributed by atoms with Crippen molar-refractivity contribution in [3.05, 3.63) is 76.6 Å². The molecule has 2 fully saturated rings. The predicted octanol–water partition coefficient (Wildman–Crippen LogP) is 5.62. The summed E-state index contributed by atoms with van der Waals surface area (Å²) in [5.74, 6) is 0. The molecule has 34 heavy (non-hydrogen) atoms. The standard InChI is InChI=1S/C26H24ClN5OS/c27-19-5-3-17(4-6-19)23-14-22-25(24(30-23)18-2-1-11-28-15-18)29-16-32(26(22)33)20-9-12-31(13-10-20)34-21-7-8-21/h1-6,11,14-16,20-21H,7-10,12-13H2. The topological polar surface area (TPSA) is 63.9 Å². The van der Waals surface area contributed by atoms with Crippen molar-refractivity contribution in [3.63, 3.8) is 0 Å². The Bertz CT molecular complexity index is 1380. The van der Waals surface area contributed by atoms with Crippen LogP contribution >= 0.6 is 23.5 Å². The second kappa shape index (κ2) is 9.13. The Morgan fingerprint density at radius 1 is 1.00 bits per heavy atom. The fraction of sp³-hybridized carbons (Fsp3) is 0.308. The molecule has 1 saturated carbocycles. The van der Waals surface area contributed by atoms with Gasteiger partial charge in [0.25, 0.3) is 5.56 Å². The number of rotatable bonds is 5. The number of piperidine rings is 1. The van der Waals surface area contributed by atoms with E-state index in [-0.39, 0.29) is 11.6 Å². The van der Waals surface area contributed by atoms with Crippen LogP contribution in [0, 0.1) is 0 Å². The molecule has 3 aromatic heterocycles. The van der Waals surface area contributed by atoms with Gasteiger partial charge in [0, 0.05) is 52.9 Å². The van der Waals surface area contributed by atoms with E-state index in [1.54, 1.807) is 18.7 Å². The molecular formula is C26H24ClN5OS. The third-order valence-electron chi connectivity index (χ3n) is 6.48. The van der Waals surface area contributed by atoms with Crippen molar-refractivity contribution < 1.29 is 0 Å². The van der Waals surface area contributed by atoms with E-state index in [1.165, 1.54) is 12.8 Å². The molecule has 6 nitrogen and oxygen atoms in total. The highest BCUT2D eigenvalue weighted by molar-refractivity contribution is 7.97. The molecule has 0 bridgehead atoms. The largest absolute Gasteiger partial charge is 0.296 e. The second-order valence-corrected chi connectivity index (χ2v) is 10.8. The minimum Gasteiger partial charge on any atom is -0.296 e. The predicted molar refractivity (Wildman–Crippen MR) is 138 cm³/mol. The molecule has 4 heterocycles. The molecule has 6 rings (SSSR count). The van der Waals surface area contributed by atoms with Gasteiger partial charge in [-0.05, 0) is 56.0 Å². The van der Waals surface area contributed by atoms with Crippen molar-refractivity contribution in [1.82, 2.24) is 23.8 Å². The zero-order valence-electron chi connectivity index (χ0n) is 18.6. The van der Waals surface area contributed by atoms with Crippen LogP contribution in [0.3, 0.4) is 0 Å². The lowest BCUT2D eigenvalue weighted by Gasteiger charge is -2.31. The maximum Gasteiger partial charge on any atom is 0.261 e. The number of nitrogens with zero attached hydrogens (tertiary/aromatic N) is 5. The molecule has 0 spiro atoms. The van der Waals surface area contributed by atoms with Crippen LogP contribution in [0.5, 0.6) is 0 Å². The second-order valence-electron chi connectivity index (χ2n) is 8.92. The number of benzene rings is 1. The van der Waals surface area contributed by atoms with E-state index < -0.39 is 0 Å². The maximum atomic E-state index is 13.8. The molecule has 2 aliphatic rings. The van der Waals surface area contributed by atoms with Gasteiger partial charge in [-0.1, -0.05) is 35.7 Å². The van der Waals surface area contributed by atoms with Crippen LogP contribution in [0.1, 0.15) is 31.7 Å². The average Bonchev–Trinajstić information content (AvgIpc) is 3.70. The minimum atomic E-state index is -0.0129. The van der Waals surface area contributed by atoms with Gasteiger partial charge in [0.15, 0.2) is 0 Å². The van der Waals surface area contributed by atoms with Gasteiger partial charge in [0.1, 0.15) is 5.52 Å². The summed E-state index contributed by atoms with van der Waals surface area (Å²) in [5, 5.41) is 2.05. The summed E-state index contributed by atoms with van der Waals surface area (Å²) in [7, 11) is 0. The highest BCUT2D eigenvalue weighted by Crippen LogP contribution is 2.38. The maximum absolute atomic E-state index is 13.8. The molecule has 0 amide bonds. The summed E-state index contributed by atoms with van der Waals surface area (Å²) in [4.78, 5) is 27.7. The minimum absolute atomic E-state index is 0.0129. The smallest absolute Gasteiger partial charge is 0.261 e. The van der Waals surface area contributed by atoms with Crippen molar-refractivity contribution in [1.29, 1.82) is 0 Å². The summed E-state index contributed by atoms with van der Waals surface area (Å²) in [6, 6.07) is 13.4. The van der Waals surface area contributed by atoms with Gasteiger partial charge in [-0.2, -0.15) is 0 Å². The lowest BCUT2D eigenvalue weighted by Crippen LogP contribution is -2.34. The Kier molecular flexibility index (Phi) is 5.85. The van der Waals surface area contributed by atoms with Crippen LogP contribution in [-0.4, -0.2) is 42.2 Å². The number of pyridine rings is 2. The van der Waals surface area contributed by atoms with E-state index in [9.17, 15) is 4.79 Å². The first-order valence-corrected chi connectivity index (χ1v) is 12.9. The van der Waals surface area contributed by atoms with E-state index in [0.717, 1.165) is 48.0 Å². The third-order valence-corrected chi connectivity index (χ3v) is 8.17. The van der Waals surface area contributed by atoms with Crippen LogP contribution in [0.15, 0.2) is 66.0 Å². The molecule has 0 N–H and O–H groups in total. The Hall–Kier alpha value is -2.74. The van der Waals surface area contributed by atoms with E-state index >= 15 is 0 Å². The Balaban J connectivity index is 1.43. The molecule has 1 saturated heterocycles. The Morgan fingerprint density at radius 2 is 1.79 bits per heavy atom. The summed E-state index contributed by atoms with van der Waals surface area (Å²) in [5.41, 5.74) is 3.70. The van der Waals surface area contributed by atoms with Crippen molar-refractivity contribution in [3.8, 4) is 22.5 Å². The highest BCUT2D eigenvalue weighted by atomic mass is 35.5. The van der Waals surface area contributed by atoms with Crippen molar-refractivity contribution in [2.75, 3.05) is 13.1 Å². The van der Waals surface area contributed by atoms with Crippen LogP contribution in [0.25, 0.3) is 33.4 Å². The summed E-state index contributed by atoms with van der Waals surface area (Å²) < 4.78 is 4.30. The fourth-order valence-corrected chi connectivity index (χ4v) is 5.80. The molecule has 0 radical (unpaired) electrons. The third kappa shape index (κ3) is 4.35. The number of fused-ring (bicyclic) bond motifs is 1. The summed E-state index contributed by atoms with van der Waals surface area (Å²) in [6.45, 7) is 2.01. The lowest BCUT2D eigenvalue weighted by atomic mass is 10.0. The van der Waals surface area contributed by atoms with E-state index in [4.69, 9.17) is 21.6 Å². The molecule has 172 valence electrons. The molecule has 0 unspecified atom stereocenters. The van der Waals surface area contributed by atoms with Gasteiger partial charge in [-0.15, -0.1) is 0 Å². The number of hydrogen-bond acceptors (Lipinski definition) is 6. The van der Waals surface area contributed by atoms with Gasteiger partial charge in [0.05, 0.1) is 23.1 Å². The van der Waals surface area contributed by atoms with Gasteiger partial charge >= 0.3 is 0 Å². The van der Waals surface area contributed by atoms with Crippen LogP contribution < -0.4 is 5.56 Å². The first-order chi connectivity index (χ1) is 16.7. The SMILES string of the molecule is O=c1c2cc(-c3ccc(Cl)cc3)nc(-c3cccnc3)c2ncn1C1CCN(SC2CC2)CC1. The first-order valence-electron chi connectivity index (χ1n) is 11.7. The molecule has 4 aromatic rings. The van der Waals surface area contributed by atoms with Gasteiger partial charge in [-0.3, -0.25) is 18.7 Å². The molecule has 1 aliphatic heterocycles. The van der Waals surface area contributed by atoms with Gasteiger partial charge in [0.2, 0.25) is 0 Å². The Labute approximate surface area is 207 Å². The molecule has 1 aromatic carbocycles. The highest BCUT2D eigenvalue weighted by Gasteiger charge is 2.29. The van der Waals surface area contributed by atoms with Crippen LogP contribution in [0.4, 0.5) is 0 Å². The van der Waals surface area contributed by atoms with E-state index in [2.05, 4.69) is 9.29 Å². The fourth-order valence-electron chi connectivity index (χ4n) is 4.49. The number of hydrogen-bond donors (Lipinski definition) is 0. The number of aromatic nitrogens is 4. The molecule has 8 heteroatoms. The van der Waals surface area contributed by atoms with Crippen molar-refractivity contribution in [2.45, 2.75) is 37.0 Å².